The highest BCUT2D eigenvalue weighted by Gasteiger charge is 2.31. The minimum atomic E-state index is -3.81. The third kappa shape index (κ3) is 7.35. The van der Waals surface area contributed by atoms with Gasteiger partial charge in [0.15, 0.2) is 0 Å². The third-order valence-corrected chi connectivity index (χ3v) is 8.06. The molecule has 10 heteroatoms. The number of benzene rings is 2. The Kier molecular flexibility index (Phi) is 9.07. The number of halogens is 2. The van der Waals surface area contributed by atoms with E-state index in [0.29, 0.717) is 10.0 Å². The first-order valence-electron chi connectivity index (χ1n) is 11.5. The summed E-state index contributed by atoms with van der Waals surface area (Å²) in [6.07, 6.45) is 5.00. The SMILES string of the molecule is Cc1ccc(N(CC(=O)N(Cc2ccc(Cl)cc2)[C@@H](C)C(=O)NC2CCCC2)S(C)(=O)=O)cc1Cl. The molecule has 7 nitrogen and oxygen atoms in total. The van der Waals surface area contributed by atoms with E-state index in [1.165, 1.54) is 11.0 Å². The first-order chi connectivity index (χ1) is 16.5. The summed E-state index contributed by atoms with van der Waals surface area (Å²) in [5, 5.41) is 3.98. The molecule has 2 aromatic rings. The van der Waals surface area contributed by atoms with Gasteiger partial charge in [-0.3, -0.25) is 13.9 Å². The lowest BCUT2D eigenvalue weighted by Gasteiger charge is -2.32. The fourth-order valence-corrected chi connectivity index (χ4v) is 5.25. The minimum Gasteiger partial charge on any atom is -0.352 e. The van der Waals surface area contributed by atoms with E-state index in [2.05, 4.69) is 5.32 Å². The third-order valence-electron chi connectivity index (χ3n) is 6.26. The van der Waals surface area contributed by atoms with E-state index in [-0.39, 0.29) is 24.2 Å². The van der Waals surface area contributed by atoms with Crippen LogP contribution >= 0.6 is 23.2 Å². The highest BCUT2D eigenvalue weighted by atomic mass is 35.5. The molecule has 1 N–H and O–H groups in total. The maximum absolute atomic E-state index is 13.6. The molecule has 2 amide bonds. The summed E-state index contributed by atoms with van der Waals surface area (Å²) >= 11 is 12.2. The van der Waals surface area contributed by atoms with Crippen LogP contribution in [0, 0.1) is 6.92 Å². The normalized spacial score (nSPS) is 15.0. The zero-order valence-electron chi connectivity index (χ0n) is 20.1. The largest absolute Gasteiger partial charge is 0.352 e. The average Bonchev–Trinajstić information content (AvgIpc) is 3.30. The quantitative estimate of drug-likeness (QED) is 0.506. The van der Waals surface area contributed by atoms with E-state index in [4.69, 9.17) is 23.2 Å². The second kappa shape index (κ2) is 11.6. The summed E-state index contributed by atoms with van der Waals surface area (Å²) in [5.41, 5.74) is 1.84. The van der Waals surface area contributed by atoms with Crippen molar-refractivity contribution < 1.29 is 18.0 Å². The lowest BCUT2D eigenvalue weighted by molar-refractivity contribution is -0.139. The van der Waals surface area contributed by atoms with E-state index >= 15 is 0 Å². The van der Waals surface area contributed by atoms with Gasteiger partial charge >= 0.3 is 0 Å². The molecule has 1 aliphatic carbocycles. The molecule has 1 fully saturated rings. The molecule has 3 rings (SSSR count). The van der Waals surface area contributed by atoms with Crippen LogP contribution in [0.3, 0.4) is 0 Å². The van der Waals surface area contributed by atoms with Gasteiger partial charge in [-0.25, -0.2) is 8.42 Å². The molecule has 1 aliphatic rings. The van der Waals surface area contributed by atoms with Crippen LogP contribution in [0.25, 0.3) is 0 Å². The van der Waals surface area contributed by atoms with E-state index < -0.39 is 28.5 Å². The van der Waals surface area contributed by atoms with Crippen molar-refractivity contribution in [2.24, 2.45) is 0 Å². The second-order valence-corrected chi connectivity index (χ2v) is 11.8. The smallest absolute Gasteiger partial charge is 0.244 e. The molecule has 0 saturated heterocycles. The van der Waals surface area contributed by atoms with Crippen LogP contribution in [0.15, 0.2) is 42.5 Å². The van der Waals surface area contributed by atoms with Gasteiger partial charge < -0.3 is 10.2 Å². The number of nitrogens with zero attached hydrogens (tertiary/aromatic N) is 2. The topological polar surface area (TPSA) is 86.8 Å². The summed E-state index contributed by atoms with van der Waals surface area (Å²) in [6.45, 7) is 3.13. The van der Waals surface area contributed by atoms with E-state index in [1.807, 2.05) is 0 Å². The molecule has 0 aliphatic heterocycles. The van der Waals surface area contributed by atoms with Crippen LogP contribution in [0.4, 0.5) is 5.69 Å². The number of sulfonamides is 1. The molecule has 0 heterocycles. The van der Waals surface area contributed by atoms with Crippen molar-refractivity contribution in [3.8, 4) is 0 Å². The van der Waals surface area contributed by atoms with Crippen LogP contribution in [-0.2, 0) is 26.2 Å². The van der Waals surface area contributed by atoms with E-state index in [9.17, 15) is 18.0 Å². The first kappa shape index (κ1) is 27.3. The fourth-order valence-electron chi connectivity index (χ4n) is 4.11. The Labute approximate surface area is 217 Å². The molecule has 2 aromatic carbocycles. The van der Waals surface area contributed by atoms with E-state index in [1.54, 1.807) is 50.2 Å². The lowest BCUT2D eigenvalue weighted by Crippen LogP contribution is -2.52. The highest BCUT2D eigenvalue weighted by molar-refractivity contribution is 7.92. The zero-order chi connectivity index (χ0) is 25.8. The highest BCUT2D eigenvalue weighted by Crippen LogP contribution is 2.25. The standard InChI is InChI=1S/C25H31Cl2N3O4S/c1-17-8-13-22(14-23(17)27)30(35(3,33)34)16-24(31)29(15-19-9-11-20(26)12-10-19)18(2)25(32)28-21-6-4-5-7-21/h8-14,18,21H,4-7,15-16H2,1-3H3,(H,28,32)/t18-/m0/s1. The number of aryl methyl sites for hydroxylation is 1. The predicted molar refractivity (Wildman–Crippen MR) is 140 cm³/mol. The van der Waals surface area contributed by atoms with Crippen molar-refractivity contribution in [1.29, 1.82) is 0 Å². The lowest BCUT2D eigenvalue weighted by atomic mass is 10.1. The fraction of sp³-hybridized carbons (Fsp3) is 0.440. The Morgan fingerprint density at radius 2 is 1.71 bits per heavy atom. The molecule has 0 unspecified atom stereocenters. The molecule has 35 heavy (non-hydrogen) atoms. The van der Waals surface area contributed by atoms with Gasteiger partial charge in [-0.05, 0) is 62.1 Å². The van der Waals surface area contributed by atoms with Crippen molar-refractivity contribution in [2.75, 3.05) is 17.1 Å². The second-order valence-electron chi connectivity index (χ2n) is 9.02. The van der Waals surface area contributed by atoms with Gasteiger partial charge in [-0.2, -0.15) is 0 Å². The Balaban J connectivity index is 1.88. The Bertz CT molecular complexity index is 1170. The zero-order valence-corrected chi connectivity index (χ0v) is 22.5. The number of hydrogen-bond donors (Lipinski definition) is 1. The van der Waals surface area contributed by atoms with E-state index in [0.717, 1.165) is 47.4 Å². The summed E-state index contributed by atoms with van der Waals surface area (Å²) in [6, 6.07) is 11.1. The number of rotatable bonds is 9. The molecular formula is C25H31Cl2N3O4S. The average molecular weight is 541 g/mol. The van der Waals surface area contributed by atoms with Gasteiger partial charge in [-0.1, -0.05) is 54.2 Å². The molecule has 0 radical (unpaired) electrons. The monoisotopic (exact) mass is 539 g/mol. The van der Waals surface area contributed by atoms with Gasteiger partial charge in [0, 0.05) is 22.6 Å². The minimum absolute atomic E-state index is 0.0969. The number of nitrogens with one attached hydrogen (secondary N) is 1. The maximum atomic E-state index is 13.6. The maximum Gasteiger partial charge on any atom is 0.244 e. The van der Waals surface area contributed by atoms with Crippen LogP contribution < -0.4 is 9.62 Å². The van der Waals surface area contributed by atoms with Gasteiger partial charge in [0.05, 0.1) is 11.9 Å². The van der Waals surface area contributed by atoms with Gasteiger partial charge in [0.1, 0.15) is 12.6 Å². The molecular weight excluding hydrogens is 509 g/mol. The molecule has 190 valence electrons. The van der Waals surface area contributed by atoms with Crippen molar-refractivity contribution in [1.82, 2.24) is 10.2 Å². The number of carbonyl (C=O) groups is 2. The number of carbonyl (C=O) groups excluding carboxylic acids is 2. The molecule has 1 saturated carbocycles. The van der Waals surface area contributed by atoms with Crippen molar-refractivity contribution in [3.05, 3.63) is 63.6 Å². The summed E-state index contributed by atoms with van der Waals surface area (Å²) in [4.78, 5) is 28.0. The molecule has 0 bridgehead atoms. The van der Waals surface area contributed by atoms with Crippen molar-refractivity contribution in [2.45, 2.75) is 58.2 Å². The predicted octanol–water partition coefficient (Wildman–Crippen LogP) is 4.54. The summed E-state index contributed by atoms with van der Waals surface area (Å²) in [7, 11) is -3.81. The number of hydrogen-bond acceptors (Lipinski definition) is 4. The molecule has 0 spiro atoms. The van der Waals surface area contributed by atoms with Gasteiger partial charge in [0.25, 0.3) is 0 Å². The number of amides is 2. The Morgan fingerprint density at radius 1 is 1.09 bits per heavy atom. The van der Waals surface area contributed by atoms with Crippen LogP contribution in [-0.4, -0.2) is 50.0 Å². The Morgan fingerprint density at radius 3 is 2.29 bits per heavy atom. The van der Waals surface area contributed by atoms with Crippen molar-refractivity contribution >= 4 is 50.7 Å². The Hall–Kier alpha value is -2.29. The van der Waals surface area contributed by atoms with Crippen LogP contribution in [0.5, 0.6) is 0 Å². The number of anilines is 1. The van der Waals surface area contributed by atoms with Gasteiger partial charge in [-0.15, -0.1) is 0 Å². The first-order valence-corrected chi connectivity index (χ1v) is 14.1. The van der Waals surface area contributed by atoms with Crippen LogP contribution in [0.1, 0.15) is 43.7 Å². The van der Waals surface area contributed by atoms with Crippen molar-refractivity contribution in [3.63, 3.8) is 0 Å². The summed E-state index contributed by atoms with van der Waals surface area (Å²) < 4.78 is 26.3. The van der Waals surface area contributed by atoms with Crippen LogP contribution in [0.2, 0.25) is 10.0 Å². The van der Waals surface area contributed by atoms with Gasteiger partial charge in [0.2, 0.25) is 21.8 Å². The molecule has 0 aromatic heterocycles. The summed E-state index contributed by atoms with van der Waals surface area (Å²) in [5.74, 6) is -0.764. The molecule has 1 atom stereocenters.